The highest BCUT2D eigenvalue weighted by Gasteiger charge is 2.21. The highest BCUT2D eigenvalue weighted by molar-refractivity contribution is 6.39. The fraction of sp³-hybridized carbons (Fsp3) is 0.529. The van der Waals surface area contributed by atoms with Crippen molar-refractivity contribution >= 4 is 17.5 Å². The molecule has 0 saturated heterocycles. The van der Waals surface area contributed by atoms with Crippen LogP contribution >= 0.6 is 0 Å². The van der Waals surface area contributed by atoms with Crippen molar-refractivity contribution in [2.75, 3.05) is 5.32 Å². The summed E-state index contributed by atoms with van der Waals surface area (Å²) in [5.41, 5.74) is 1.76. The Bertz CT molecular complexity index is 505. The van der Waals surface area contributed by atoms with Crippen molar-refractivity contribution < 1.29 is 9.59 Å². The Morgan fingerprint density at radius 2 is 1.71 bits per heavy atom. The maximum absolute atomic E-state index is 12.0. The van der Waals surface area contributed by atoms with E-state index >= 15 is 0 Å². The second-order valence-corrected chi connectivity index (χ2v) is 6.00. The Hall–Kier alpha value is -1.84. The van der Waals surface area contributed by atoms with E-state index in [2.05, 4.69) is 24.5 Å². The number of benzene rings is 1. The van der Waals surface area contributed by atoms with Crippen LogP contribution in [0, 0.1) is 0 Å². The van der Waals surface area contributed by atoms with Crippen molar-refractivity contribution in [1.29, 1.82) is 0 Å². The predicted octanol–water partition coefficient (Wildman–Crippen LogP) is 3.20. The fourth-order valence-electron chi connectivity index (χ4n) is 2.79. The van der Waals surface area contributed by atoms with Crippen molar-refractivity contribution in [2.45, 2.75) is 57.9 Å². The SMILES string of the molecule is CC(C)c1ccccc1NC(=O)C(=O)NC1CCCCC1. The topological polar surface area (TPSA) is 58.2 Å². The van der Waals surface area contributed by atoms with Crippen molar-refractivity contribution in [3.05, 3.63) is 29.8 Å². The van der Waals surface area contributed by atoms with Gasteiger partial charge in [-0.1, -0.05) is 51.3 Å². The van der Waals surface area contributed by atoms with Crippen molar-refractivity contribution in [2.24, 2.45) is 0 Å². The molecule has 0 heterocycles. The molecular formula is C17H24N2O2. The van der Waals surface area contributed by atoms with Gasteiger partial charge in [0.1, 0.15) is 0 Å². The number of carbonyl (C=O) groups is 2. The molecule has 0 aromatic heterocycles. The normalized spacial score (nSPS) is 15.8. The van der Waals surface area contributed by atoms with Crippen LogP contribution in [0.5, 0.6) is 0 Å². The van der Waals surface area contributed by atoms with Gasteiger partial charge in [-0.05, 0) is 30.4 Å². The smallest absolute Gasteiger partial charge is 0.313 e. The maximum Gasteiger partial charge on any atom is 0.313 e. The van der Waals surface area contributed by atoms with Crippen LogP contribution in [0.2, 0.25) is 0 Å². The number of hydrogen-bond acceptors (Lipinski definition) is 2. The van der Waals surface area contributed by atoms with E-state index in [9.17, 15) is 9.59 Å². The first kappa shape index (κ1) is 15.5. The summed E-state index contributed by atoms with van der Waals surface area (Å²) in [5.74, 6) is -0.808. The molecule has 2 rings (SSSR count). The van der Waals surface area contributed by atoms with E-state index in [1.54, 1.807) is 0 Å². The highest BCUT2D eigenvalue weighted by Crippen LogP contribution is 2.23. The van der Waals surface area contributed by atoms with Crippen LogP contribution in [0.15, 0.2) is 24.3 Å². The molecule has 0 spiro atoms. The van der Waals surface area contributed by atoms with E-state index in [4.69, 9.17) is 0 Å². The summed E-state index contributed by atoms with van der Waals surface area (Å²) in [4.78, 5) is 24.0. The molecule has 0 atom stereocenters. The molecule has 114 valence electrons. The number of anilines is 1. The van der Waals surface area contributed by atoms with Gasteiger partial charge in [0.2, 0.25) is 0 Å². The van der Waals surface area contributed by atoms with Gasteiger partial charge in [-0.2, -0.15) is 0 Å². The van der Waals surface area contributed by atoms with E-state index in [0.29, 0.717) is 5.92 Å². The highest BCUT2D eigenvalue weighted by atomic mass is 16.2. The fourth-order valence-corrected chi connectivity index (χ4v) is 2.79. The molecule has 1 aliphatic rings. The number of para-hydroxylation sites is 1. The van der Waals surface area contributed by atoms with E-state index in [1.165, 1.54) is 6.42 Å². The number of hydrogen-bond donors (Lipinski definition) is 2. The van der Waals surface area contributed by atoms with Gasteiger partial charge >= 0.3 is 11.8 Å². The van der Waals surface area contributed by atoms with Crippen LogP contribution in [-0.2, 0) is 9.59 Å². The molecule has 1 saturated carbocycles. The van der Waals surface area contributed by atoms with Gasteiger partial charge in [0.15, 0.2) is 0 Å². The van der Waals surface area contributed by atoms with Gasteiger partial charge in [-0.3, -0.25) is 9.59 Å². The molecule has 1 aromatic rings. The van der Waals surface area contributed by atoms with Gasteiger partial charge in [-0.15, -0.1) is 0 Å². The first-order valence-corrected chi connectivity index (χ1v) is 7.78. The monoisotopic (exact) mass is 288 g/mol. The Kier molecular flexibility index (Phi) is 5.37. The zero-order valence-corrected chi connectivity index (χ0v) is 12.8. The molecule has 0 aliphatic heterocycles. The van der Waals surface area contributed by atoms with Crippen LogP contribution in [0.1, 0.15) is 57.4 Å². The third-order valence-corrected chi connectivity index (χ3v) is 3.98. The molecule has 4 heteroatoms. The minimum Gasteiger partial charge on any atom is -0.345 e. The first-order chi connectivity index (χ1) is 10.1. The van der Waals surface area contributed by atoms with Gasteiger partial charge in [-0.25, -0.2) is 0 Å². The zero-order chi connectivity index (χ0) is 15.2. The van der Waals surface area contributed by atoms with E-state index in [-0.39, 0.29) is 6.04 Å². The van der Waals surface area contributed by atoms with Gasteiger partial charge in [0, 0.05) is 11.7 Å². The van der Waals surface area contributed by atoms with Crippen LogP contribution in [0.25, 0.3) is 0 Å². The predicted molar refractivity (Wildman–Crippen MR) is 84.2 cm³/mol. The lowest BCUT2D eigenvalue weighted by atomic mass is 9.95. The molecule has 4 nitrogen and oxygen atoms in total. The summed E-state index contributed by atoms with van der Waals surface area (Å²) < 4.78 is 0. The lowest BCUT2D eigenvalue weighted by Gasteiger charge is -2.22. The number of rotatable bonds is 3. The van der Waals surface area contributed by atoms with Crippen LogP contribution in [0.4, 0.5) is 5.69 Å². The van der Waals surface area contributed by atoms with Gasteiger partial charge in [0.05, 0.1) is 0 Å². The Balaban J connectivity index is 1.96. The van der Waals surface area contributed by atoms with Gasteiger partial charge in [0.25, 0.3) is 0 Å². The van der Waals surface area contributed by atoms with Crippen molar-refractivity contribution in [1.82, 2.24) is 5.32 Å². The zero-order valence-electron chi connectivity index (χ0n) is 12.8. The third-order valence-electron chi connectivity index (χ3n) is 3.98. The van der Waals surface area contributed by atoms with Crippen molar-refractivity contribution in [3.8, 4) is 0 Å². The van der Waals surface area contributed by atoms with Crippen LogP contribution in [-0.4, -0.2) is 17.9 Å². The molecule has 2 amide bonds. The molecule has 0 radical (unpaired) electrons. The second-order valence-electron chi connectivity index (χ2n) is 6.00. The molecule has 1 fully saturated rings. The Morgan fingerprint density at radius 1 is 1.05 bits per heavy atom. The second kappa shape index (κ2) is 7.25. The standard InChI is InChI=1S/C17H24N2O2/c1-12(2)14-10-6-7-11-15(14)19-17(21)16(20)18-13-8-4-3-5-9-13/h6-7,10-13H,3-5,8-9H2,1-2H3,(H,18,20)(H,19,21). The average molecular weight is 288 g/mol. The molecule has 21 heavy (non-hydrogen) atoms. The summed E-state index contributed by atoms with van der Waals surface area (Å²) in [6.45, 7) is 4.13. The molecule has 2 N–H and O–H groups in total. The van der Waals surface area contributed by atoms with E-state index < -0.39 is 11.8 Å². The summed E-state index contributed by atoms with van der Waals surface area (Å²) in [6, 6.07) is 7.76. The Labute approximate surface area is 126 Å². The average Bonchev–Trinajstić information content (AvgIpc) is 2.48. The summed E-state index contributed by atoms with van der Waals surface area (Å²) in [7, 11) is 0. The Morgan fingerprint density at radius 3 is 2.38 bits per heavy atom. The third kappa shape index (κ3) is 4.31. The summed E-state index contributed by atoms with van der Waals surface area (Å²) in [5, 5.41) is 5.57. The first-order valence-electron chi connectivity index (χ1n) is 7.78. The van der Waals surface area contributed by atoms with Crippen LogP contribution < -0.4 is 10.6 Å². The summed E-state index contributed by atoms with van der Waals surface area (Å²) in [6.07, 6.45) is 5.43. The number of carbonyl (C=O) groups excluding carboxylic acids is 2. The lowest BCUT2D eigenvalue weighted by molar-refractivity contribution is -0.136. The van der Waals surface area contributed by atoms with Crippen LogP contribution in [0.3, 0.4) is 0 Å². The number of amides is 2. The largest absolute Gasteiger partial charge is 0.345 e. The number of nitrogens with one attached hydrogen (secondary N) is 2. The van der Waals surface area contributed by atoms with Crippen molar-refractivity contribution in [3.63, 3.8) is 0 Å². The molecule has 1 aromatic carbocycles. The van der Waals surface area contributed by atoms with E-state index in [0.717, 1.165) is 36.9 Å². The van der Waals surface area contributed by atoms with E-state index in [1.807, 2.05) is 24.3 Å². The quantitative estimate of drug-likeness (QED) is 0.839. The molecule has 1 aliphatic carbocycles. The lowest BCUT2D eigenvalue weighted by Crippen LogP contribution is -2.42. The minimum atomic E-state index is -0.575. The minimum absolute atomic E-state index is 0.150. The summed E-state index contributed by atoms with van der Waals surface area (Å²) >= 11 is 0. The molecular weight excluding hydrogens is 264 g/mol. The molecule has 0 bridgehead atoms. The van der Waals surface area contributed by atoms with Gasteiger partial charge < -0.3 is 10.6 Å². The molecule has 0 unspecified atom stereocenters. The maximum atomic E-state index is 12.0.